The van der Waals surface area contributed by atoms with Gasteiger partial charge in [0.1, 0.15) is 0 Å². The highest BCUT2D eigenvalue weighted by atomic mass is 79.9. The number of nitrogens with two attached hydrogens (primary N) is 1. The summed E-state index contributed by atoms with van der Waals surface area (Å²) in [5.74, 6) is 0.558. The summed E-state index contributed by atoms with van der Waals surface area (Å²) in [7, 11) is 0. The van der Waals surface area contributed by atoms with Crippen LogP contribution < -0.4 is 16.4 Å². The Balaban J connectivity index is 2.05. The fourth-order valence-corrected chi connectivity index (χ4v) is 4.33. The molecule has 1 fully saturated rings. The molecule has 2 rings (SSSR count). The highest BCUT2D eigenvalue weighted by molar-refractivity contribution is 9.10. The number of hydrogen-bond donors (Lipinski definition) is 3. The van der Waals surface area contributed by atoms with Crippen molar-refractivity contribution in [2.24, 2.45) is 0 Å². The van der Waals surface area contributed by atoms with Gasteiger partial charge in [-0.15, -0.1) is 11.6 Å². The van der Waals surface area contributed by atoms with E-state index in [1.165, 1.54) is 32.1 Å². The number of carbonyl (C=O) groups excluding carboxylic acids is 1. The van der Waals surface area contributed by atoms with E-state index in [1.807, 2.05) is 6.07 Å². The topological polar surface area (TPSA) is 67.2 Å². The average molecular weight is 445 g/mol. The Morgan fingerprint density at radius 3 is 2.65 bits per heavy atom. The zero-order chi connectivity index (χ0) is 19.0. The maximum atomic E-state index is 12.4. The van der Waals surface area contributed by atoms with Gasteiger partial charge in [0.15, 0.2) is 0 Å². The van der Waals surface area contributed by atoms with Gasteiger partial charge in [0.2, 0.25) is 0 Å². The van der Waals surface area contributed by atoms with Gasteiger partial charge in [0.25, 0.3) is 5.91 Å². The normalized spacial score (nSPS) is 16.4. The van der Waals surface area contributed by atoms with Crippen LogP contribution in [0, 0.1) is 0 Å². The van der Waals surface area contributed by atoms with E-state index in [0.717, 1.165) is 29.3 Å². The maximum absolute atomic E-state index is 12.4. The lowest BCUT2D eigenvalue weighted by atomic mass is 9.79. The molecule has 0 aliphatic heterocycles. The molecule has 0 spiro atoms. The molecule has 0 aromatic heterocycles. The van der Waals surface area contributed by atoms with E-state index >= 15 is 0 Å². The number of anilines is 1. The largest absolute Gasteiger partial charge is 0.398 e. The minimum absolute atomic E-state index is 0.0654. The zero-order valence-electron chi connectivity index (χ0n) is 15.7. The summed E-state index contributed by atoms with van der Waals surface area (Å²) in [5, 5.41) is 6.70. The molecule has 0 bridgehead atoms. The molecule has 1 saturated carbocycles. The molecule has 4 nitrogen and oxygen atoms in total. The first-order valence-electron chi connectivity index (χ1n) is 9.68. The molecule has 146 valence electrons. The predicted molar refractivity (Wildman–Crippen MR) is 114 cm³/mol. The van der Waals surface area contributed by atoms with Crippen molar-refractivity contribution in [1.29, 1.82) is 0 Å². The van der Waals surface area contributed by atoms with Crippen molar-refractivity contribution in [2.75, 3.05) is 18.2 Å². The number of benzene rings is 1. The third-order valence-corrected chi connectivity index (χ3v) is 6.39. The van der Waals surface area contributed by atoms with Crippen LogP contribution in [0.3, 0.4) is 0 Å². The second-order valence-corrected chi connectivity index (χ2v) is 8.46. The van der Waals surface area contributed by atoms with Crippen LogP contribution in [0.2, 0.25) is 0 Å². The van der Waals surface area contributed by atoms with E-state index in [0.29, 0.717) is 30.2 Å². The van der Waals surface area contributed by atoms with E-state index in [9.17, 15) is 4.79 Å². The van der Waals surface area contributed by atoms with Crippen molar-refractivity contribution in [2.45, 2.75) is 70.4 Å². The molecule has 1 aromatic rings. The molecule has 0 atom stereocenters. The zero-order valence-corrected chi connectivity index (χ0v) is 18.0. The highest BCUT2D eigenvalue weighted by Gasteiger charge is 2.29. The molecule has 1 amide bonds. The van der Waals surface area contributed by atoms with Gasteiger partial charge in [-0.3, -0.25) is 4.79 Å². The van der Waals surface area contributed by atoms with Crippen LogP contribution in [0.25, 0.3) is 0 Å². The van der Waals surface area contributed by atoms with Crippen molar-refractivity contribution >= 4 is 39.1 Å². The average Bonchev–Trinajstić information content (AvgIpc) is 2.66. The first-order valence-corrected chi connectivity index (χ1v) is 11.0. The Bertz CT molecular complexity index is 603. The maximum Gasteiger partial charge on any atom is 0.251 e. The van der Waals surface area contributed by atoms with Crippen molar-refractivity contribution in [3.63, 3.8) is 0 Å². The second kappa shape index (κ2) is 10.5. The minimum Gasteiger partial charge on any atom is -0.398 e. The van der Waals surface area contributed by atoms with Gasteiger partial charge in [0, 0.05) is 34.5 Å². The van der Waals surface area contributed by atoms with Crippen molar-refractivity contribution in [3.05, 3.63) is 27.7 Å². The second-order valence-electron chi connectivity index (χ2n) is 7.23. The molecular formula is C20H31BrClN3O. The van der Waals surface area contributed by atoms with Crippen LogP contribution in [-0.4, -0.2) is 23.9 Å². The molecule has 4 N–H and O–H groups in total. The van der Waals surface area contributed by atoms with Crippen LogP contribution in [0.1, 0.15) is 74.2 Å². The first kappa shape index (κ1) is 21.5. The number of hydrogen-bond acceptors (Lipinski definition) is 3. The molecule has 1 aliphatic rings. The van der Waals surface area contributed by atoms with Crippen LogP contribution in [0.15, 0.2) is 16.6 Å². The number of unbranched alkanes of at least 4 members (excludes halogenated alkanes) is 1. The Kier molecular flexibility index (Phi) is 8.71. The number of rotatable bonds is 9. The highest BCUT2D eigenvalue weighted by Crippen LogP contribution is 2.32. The van der Waals surface area contributed by atoms with Gasteiger partial charge in [-0.05, 0) is 65.7 Å². The van der Waals surface area contributed by atoms with Crippen LogP contribution in [-0.2, 0) is 6.54 Å². The number of alkyl halides is 1. The van der Waals surface area contributed by atoms with Crippen LogP contribution in [0.4, 0.5) is 5.69 Å². The molecule has 1 aliphatic carbocycles. The number of amides is 1. The van der Waals surface area contributed by atoms with E-state index in [4.69, 9.17) is 17.3 Å². The Morgan fingerprint density at radius 2 is 2.00 bits per heavy atom. The van der Waals surface area contributed by atoms with Crippen molar-refractivity contribution in [1.82, 2.24) is 10.6 Å². The van der Waals surface area contributed by atoms with E-state index < -0.39 is 0 Å². The first-order chi connectivity index (χ1) is 12.5. The Hall–Kier alpha value is -0.780. The summed E-state index contributed by atoms with van der Waals surface area (Å²) < 4.78 is 0.775. The summed E-state index contributed by atoms with van der Waals surface area (Å²) in [6.45, 7) is 3.58. The van der Waals surface area contributed by atoms with Gasteiger partial charge in [-0.1, -0.05) is 26.2 Å². The summed E-state index contributed by atoms with van der Waals surface area (Å²) in [4.78, 5) is 12.4. The van der Waals surface area contributed by atoms with Gasteiger partial charge < -0.3 is 16.4 Å². The van der Waals surface area contributed by atoms with Crippen molar-refractivity contribution in [3.8, 4) is 0 Å². The molecule has 26 heavy (non-hydrogen) atoms. The summed E-state index contributed by atoms with van der Waals surface area (Å²) in [5.41, 5.74) is 8.79. The van der Waals surface area contributed by atoms with Gasteiger partial charge in [-0.25, -0.2) is 0 Å². The molecule has 0 saturated heterocycles. The van der Waals surface area contributed by atoms with Gasteiger partial charge in [0.05, 0.1) is 5.69 Å². The van der Waals surface area contributed by atoms with Crippen LogP contribution in [0.5, 0.6) is 0 Å². The molecular weight excluding hydrogens is 414 g/mol. The molecule has 1 aromatic carbocycles. The fraction of sp³-hybridized carbons (Fsp3) is 0.650. The minimum atomic E-state index is -0.0654. The monoisotopic (exact) mass is 443 g/mol. The predicted octanol–water partition coefficient (Wildman–Crippen LogP) is 4.98. The number of carbonyl (C=O) groups is 1. The molecule has 0 unspecified atom stereocenters. The molecule has 0 heterocycles. The number of nitrogen functional groups attached to an aromatic ring is 1. The van der Waals surface area contributed by atoms with Gasteiger partial charge in [-0.2, -0.15) is 0 Å². The van der Waals surface area contributed by atoms with E-state index in [2.05, 4.69) is 33.5 Å². The number of nitrogens with one attached hydrogen (secondary N) is 2. The third-order valence-electron chi connectivity index (χ3n) is 5.46. The lowest BCUT2D eigenvalue weighted by molar-refractivity contribution is 0.0953. The Labute approximate surface area is 170 Å². The number of halogens is 2. The fourth-order valence-electron chi connectivity index (χ4n) is 3.64. The Morgan fingerprint density at radius 1 is 1.27 bits per heavy atom. The van der Waals surface area contributed by atoms with Gasteiger partial charge >= 0.3 is 0 Å². The third kappa shape index (κ3) is 5.86. The SMILES string of the molecule is CCC1(NCc2cc(C(=O)NCCCCCl)cc(Br)c2N)CCCCC1. The quantitative estimate of drug-likeness (QED) is 0.286. The van der Waals surface area contributed by atoms with Crippen LogP contribution >= 0.6 is 27.5 Å². The van der Waals surface area contributed by atoms with Crippen molar-refractivity contribution < 1.29 is 4.79 Å². The smallest absolute Gasteiger partial charge is 0.251 e. The summed E-state index contributed by atoms with van der Waals surface area (Å²) in [6.07, 6.45) is 9.23. The molecule has 0 radical (unpaired) electrons. The summed E-state index contributed by atoms with van der Waals surface area (Å²) >= 11 is 9.18. The van der Waals surface area contributed by atoms with E-state index in [1.54, 1.807) is 6.07 Å². The standard InChI is InChI=1S/C20H31BrClN3O/c1-2-20(8-4-3-5-9-20)25-14-16-12-15(13-17(21)18(16)23)19(26)24-11-7-6-10-22/h12-13,25H,2-11,14,23H2,1H3,(H,24,26). The summed E-state index contributed by atoms with van der Waals surface area (Å²) in [6, 6.07) is 3.71. The lowest BCUT2D eigenvalue weighted by Gasteiger charge is -2.38. The van der Waals surface area contributed by atoms with E-state index in [-0.39, 0.29) is 11.4 Å². The lowest BCUT2D eigenvalue weighted by Crippen LogP contribution is -2.45. The molecule has 6 heteroatoms.